The minimum atomic E-state index is 0.157. The van der Waals surface area contributed by atoms with Crippen molar-refractivity contribution < 1.29 is 0 Å². The molecule has 2 bridgehead atoms. The van der Waals surface area contributed by atoms with Crippen LogP contribution in [0.1, 0.15) is 30.9 Å². The van der Waals surface area contributed by atoms with E-state index in [0.29, 0.717) is 5.92 Å². The van der Waals surface area contributed by atoms with Gasteiger partial charge in [-0.15, -0.1) is 0 Å². The molecule has 5 atom stereocenters. The first-order valence-corrected chi connectivity index (χ1v) is 7.87. The van der Waals surface area contributed by atoms with Crippen molar-refractivity contribution in [3.8, 4) is 0 Å². The van der Waals surface area contributed by atoms with Crippen molar-refractivity contribution in [3.63, 3.8) is 0 Å². The van der Waals surface area contributed by atoms with Crippen LogP contribution in [-0.2, 0) is 0 Å². The van der Waals surface area contributed by atoms with Crippen LogP contribution in [-0.4, -0.2) is 0 Å². The van der Waals surface area contributed by atoms with E-state index in [9.17, 15) is 0 Å². The lowest BCUT2D eigenvalue weighted by Gasteiger charge is -2.21. The molecule has 0 heterocycles. The minimum absolute atomic E-state index is 0.157. The second-order valence-electron chi connectivity index (χ2n) is 6.38. The Hall–Kier alpha value is -0.280. The molecule has 0 amide bonds. The fourth-order valence-electron chi connectivity index (χ4n) is 5.00. The molecule has 4 heteroatoms. The van der Waals surface area contributed by atoms with Crippen molar-refractivity contribution in [2.45, 2.75) is 25.3 Å². The Kier molecular flexibility index (Phi) is 2.86. The summed E-state index contributed by atoms with van der Waals surface area (Å²) >= 11 is 12.4. The van der Waals surface area contributed by atoms with E-state index < -0.39 is 0 Å². The summed E-state index contributed by atoms with van der Waals surface area (Å²) in [5.41, 5.74) is 4.07. The van der Waals surface area contributed by atoms with Gasteiger partial charge in [-0.2, -0.15) is 0 Å². The zero-order valence-corrected chi connectivity index (χ0v) is 12.2. The van der Waals surface area contributed by atoms with Crippen molar-refractivity contribution in [3.05, 3.63) is 33.8 Å². The van der Waals surface area contributed by atoms with Crippen LogP contribution in [0.3, 0.4) is 0 Å². The Morgan fingerprint density at radius 1 is 1.16 bits per heavy atom. The van der Waals surface area contributed by atoms with E-state index in [0.717, 1.165) is 39.3 Å². The maximum atomic E-state index is 6.33. The molecule has 4 rings (SSSR count). The van der Waals surface area contributed by atoms with Gasteiger partial charge in [-0.25, -0.2) is 0 Å². The number of nitrogens with one attached hydrogen (secondary N) is 1. The molecular formula is C15H18Cl2N2. The van der Waals surface area contributed by atoms with Gasteiger partial charge in [0.1, 0.15) is 0 Å². The monoisotopic (exact) mass is 296 g/mol. The normalized spacial score (nSPS) is 40.3. The van der Waals surface area contributed by atoms with Crippen LogP contribution in [0.5, 0.6) is 0 Å². The number of hydrogen-bond donors (Lipinski definition) is 2. The van der Waals surface area contributed by atoms with E-state index in [2.05, 4.69) is 5.43 Å². The number of benzene rings is 1. The van der Waals surface area contributed by atoms with Gasteiger partial charge in [0.25, 0.3) is 0 Å². The Morgan fingerprint density at radius 2 is 1.84 bits per heavy atom. The van der Waals surface area contributed by atoms with Crippen molar-refractivity contribution in [2.75, 3.05) is 0 Å². The van der Waals surface area contributed by atoms with Crippen LogP contribution in [0.4, 0.5) is 0 Å². The van der Waals surface area contributed by atoms with Gasteiger partial charge in [0.05, 0.1) is 6.04 Å². The molecule has 102 valence electrons. The van der Waals surface area contributed by atoms with Gasteiger partial charge in [0.15, 0.2) is 0 Å². The summed E-state index contributed by atoms with van der Waals surface area (Å²) in [6.45, 7) is 0. The summed E-state index contributed by atoms with van der Waals surface area (Å²) in [5.74, 6) is 10.1. The van der Waals surface area contributed by atoms with Crippen LogP contribution < -0.4 is 11.3 Å². The Labute approximate surface area is 123 Å². The maximum Gasteiger partial charge on any atom is 0.0509 e. The van der Waals surface area contributed by atoms with Crippen molar-refractivity contribution in [1.29, 1.82) is 0 Å². The van der Waals surface area contributed by atoms with Gasteiger partial charge in [-0.05, 0) is 72.6 Å². The lowest BCUT2D eigenvalue weighted by molar-refractivity contribution is 0.374. The number of hydrogen-bond acceptors (Lipinski definition) is 2. The molecule has 0 aromatic heterocycles. The van der Waals surface area contributed by atoms with E-state index in [1.165, 1.54) is 19.3 Å². The predicted octanol–water partition coefficient (Wildman–Crippen LogP) is 3.79. The first-order chi connectivity index (χ1) is 9.20. The largest absolute Gasteiger partial charge is 0.271 e. The molecule has 0 aliphatic heterocycles. The molecule has 0 spiro atoms. The summed E-state index contributed by atoms with van der Waals surface area (Å²) in [4.78, 5) is 0. The fourth-order valence-corrected chi connectivity index (χ4v) is 5.42. The third-order valence-corrected chi connectivity index (χ3v) is 6.23. The fraction of sp³-hybridized carbons (Fsp3) is 0.600. The zero-order valence-electron chi connectivity index (χ0n) is 10.7. The van der Waals surface area contributed by atoms with Crippen LogP contribution in [0, 0.1) is 29.6 Å². The lowest BCUT2D eigenvalue weighted by Crippen LogP contribution is -2.31. The molecule has 5 unspecified atom stereocenters. The molecule has 3 N–H and O–H groups in total. The molecule has 3 saturated carbocycles. The van der Waals surface area contributed by atoms with E-state index in [1.807, 2.05) is 18.2 Å². The quantitative estimate of drug-likeness (QED) is 0.658. The minimum Gasteiger partial charge on any atom is -0.271 e. The highest BCUT2D eigenvalue weighted by Gasteiger charge is 2.66. The standard InChI is InChI=1S/C15H18Cl2N2/c16-9-3-4-11(17)10(6-9)15(19-18)14-12-7-1-2-8(5-7)13(12)14/h3-4,6-8,12-15,19H,1-2,5,18H2. The maximum absolute atomic E-state index is 6.33. The van der Waals surface area contributed by atoms with E-state index in [4.69, 9.17) is 29.0 Å². The van der Waals surface area contributed by atoms with Crippen molar-refractivity contribution in [1.82, 2.24) is 5.43 Å². The molecule has 2 nitrogen and oxygen atoms in total. The summed E-state index contributed by atoms with van der Waals surface area (Å²) in [5, 5.41) is 1.50. The average Bonchev–Trinajstić information content (AvgIpc) is 2.82. The summed E-state index contributed by atoms with van der Waals surface area (Å²) in [7, 11) is 0. The highest BCUT2D eigenvalue weighted by Crippen LogP contribution is 2.72. The summed E-state index contributed by atoms with van der Waals surface area (Å²) in [6, 6.07) is 5.82. The summed E-state index contributed by atoms with van der Waals surface area (Å²) < 4.78 is 0. The van der Waals surface area contributed by atoms with Crippen LogP contribution in [0.2, 0.25) is 10.0 Å². The van der Waals surface area contributed by atoms with Crippen molar-refractivity contribution >= 4 is 23.2 Å². The van der Waals surface area contributed by atoms with Crippen molar-refractivity contribution in [2.24, 2.45) is 35.4 Å². The Bertz CT molecular complexity index is 503. The van der Waals surface area contributed by atoms with Crippen LogP contribution in [0.15, 0.2) is 18.2 Å². The van der Waals surface area contributed by atoms with Gasteiger partial charge in [0, 0.05) is 10.0 Å². The molecule has 3 aliphatic rings. The highest BCUT2D eigenvalue weighted by molar-refractivity contribution is 6.33. The molecule has 0 radical (unpaired) electrons. The SMILES string of the molecule is NNC(c1cc(Cl)ccc1Cl)C1C2C3CCC(C3)C21. The first-order valence-electron chi connectivity index (χ1n) is 7.12. The van der Waals surface area contributed by atoms with Gasteiger partial charge >= 0.3 is 0 Å². The summed E-state index contributed by atoms with van der Waals surface area (Å²) in [6.07, 6.45) is 4.29. The second kappa shape index (κ2) is 4.36. The van der Waals surface area contributed by atoms with E-state index in [-0.39, 0.29) is 6.04 Å². The first kappa shape index (κ1) is 12.5. The lowest BCUT2D eigenvalue weighted by atomic mass is 9.93. The molecular weight excluding hydrogens is 279 g/mol. The molecule has 1 aromatic rings. The van der Waals surface area contributed by atoms with Gasteiger partial charge in [-0.1, -0.05) is 23.2 Å². The molecule has 0 saturated heterocycles. The van der Waals surface area contributed by atoms with Gasteiger partial charge in [-0.3, -0.25) is 11.3 Å². The number of nitrogens with two attached hydrogens (primary N) is 1. The number of fused-ring (bicyclic) bond motifs is 5. The van der Waals surface area contributed by atoms with Gasteiger partial charge < -0.3 is 0 Å². The average molecular weight is 297 g/mol. The van der Waals surface area contributed by atoms with Gasteiger partial charge in [0.2, 0.25) is 0 Å². The smallest absolute Gasteiger partial charge is 0.0509 e. The van der Waals surface area contributed by atoms with E-state index in [1.54, 1.807) is 0 Å². The molecule has 3 aliphatic carbocycles. The zero-order chi connectivity index (χ0) is 13.1. The Morgan fingerprint density at radius 3 is 2.47 bits per heavy atom. The third kappa shape index (κ3) is 1.77. The number of rotatable bonds is 3. The van der Waals surface area contributed by atoms with Crippen LogP contribution in [0.25, 0.3) is 0 Å². The second-order valence-corrected chi connectivity index (χ2v) is 7.22. The van der Waals surface area contributed by atoms with E-state index >= 15 is 0 Å². The molecule has 1 aromatic carbocycles. The Balaban J connectivity index is 1.64. The number of halogens is 2. The molecule has 3 fully saturated rings. The number of hydrazine groups is 1. The topological polar surface area (TPSA) is 38.0 Å². The predicted molar refractivity (Wildman–Crippen MR) is 77.8 cm³/mol. The molecule has 19 heavy (non-hydrogen) atoms. The van der Waals surface area contributed by atoms with Crippen LogP contribution >= 0.6 is 23.2 Å². The third-order valence-electron chi connectivity index (χ3n) is 5.65. The highest BCUT2D eigenvalue weighted by atomic mass is 35.5.